The number of nitrogens with zero attached hydrogens (tertiary/aromatic N) is 1. The zero-order chi connectivity index (χ0) is 19.4. The maximum atomic E-state index is 12.3. The minimum Gasteiger partial charge on any atom is -0.466 e. The molecule has 2 unspecified atom stereocenters. The predicted molar refractivity (Wildman–Crippen MR) is 103 cm³/mol. The topological polar surface area (TPSA) is 97.4 Å². The molecule has 1 saturated carbocycles. The number of thiazole rings is 1. The molecule has 2 aromatic rings. The van der Waals surface area contributed by atoms with Crippen molar-refractivity contribution in [1.29, 1.82) is 0 Å². The smallest absolute Gasteiger partial charge is 0.311 e. The lowest BCUT2D eigenvalue weighted by molar-refractivity contribution is -0.142. The van der Waals surface area contributed by atoms with Crippen LogP contribution in [0.4, 0.5) is 10.8 Å². The highest BCUT2D eigenvalue weighted by Gasteiger charge is 2.39. The SMILES string of the molecule is CCOC(=O)Cc1csc(NC(=O)c2ccc(NC(=O)C3CC3C)cc2)n1. The van der Waals surface area contributed by atoms with Gasteiger partial charge in [-0.2, -0.15) is 0 Å². The Labute approximate surface area is 161 Å². The van der Waals surface area contributed by atoms with Crippen LogP contribution >= 0.6 is 11.3 Å². The van der Waals surface area contributed by atoms with E-state index < -0.39 is 0 Å². The number of aromatic nitrogens is 1. The first kappa shape index (κ1) is 19.0. The number of rotatable bonds is 7. The van der Waals surface area contributed by atoms with Gasteiger partial charge in [0.25, 0.3) is 5.91 Å². The second-order valence-corrected chi connectivity index (χ2v) is 7.32. The first-order valence-corrected chi connectivity index (χ1v) is 9.66. The summed E-state index contributed by atoms with van der Waals surface area (Å²) >= 11 is 1.25. The van der Waals surface area contributed by atoms with Crippen molar-refractivity contribution < 1.29 is 19.1 Å². The van der Waals surface area contributed by atoms with Crippen LogP contribution in [-0.2, 0) is 20.7 Å². The average molecular weight is 387 g/mol. The fourth-order valence-electron chi connectivity index (χ4n) is 2.60. The van der Waals surface area contributed by atoms with Crippen molar-refractivity contribution >= 4 is 39.9 Å². The van der Waals surface area contributed by atoms with Gasteiger partial charge in [-0.15, -0.1) is 11.3 Å². The van der Waals surface area contributed by atoms with Crippen LogP contribution in [0.5, 0.6) is 0 Å². The van der Waals surface area contributed by atoms with Gasteiger partial charge in [-0.3, -0.25) is 19.7 Å². The number of carbonyl (C=O) groups excluding carboxylic acids is 3. The van der Waals surface area contributed by atoms with Gasteiger partial charge in [0.2, 0.25) is 5.91 Å². The van der Waals surface area contributed by atoms with E-state index in [0.717, 1.165) is 6.42 Å². The van der Waals surface area contributed by atoms with Gasteiger partial charge in [-0.1, -0.05) is 6.92 Å². The van der Waals surface area contributed by atoms with Gasteiger partial charge in [0, 0.05) is 22.5 Å². The average Bonchev–Trinajstić information content (AvgIpc) is 3.21. The molecule has 0 aliphatic heterocycles. The summed E-state index contributed by atoms with van der Waals surface area (Å²) in [5.41, 5.74) is 1.68. The summed E-state index contributed by atoms with van der Waals surface area (Å²) < 4.78 is 4.88. The van der Waals surface area contributed by atoms with Crippen LogP contribution < -0.4 is 10.6 Å². The normalized spacial score (nSPS) is 17.9. The summed E-state index contributed by atoms with van der Waals surface area (Å²) in [5.74, 6) is -0.0833. The summed E-state index contributed by atoms with van der Waals surface area (Å²) in [6.07, 6.45) is 1.01. The number of carbonyl (C=O) groups is 3. The van der Waals surface area contributed by atoms with Gasteiger partial charge in [-0.05, 0) is 43.5 Å². The van der Waals surface area contributed by atoms with Crippen LogP contribution in [0.2, 0.25) is 0 Å². The highest BCUT2D eigenvalue weighted by atomic mass is 32.1. The van der Waals surface area contributed by atoms with Crippen molar-refractivity contribution in [3.8, 4) is 0 Å². The van der Waals surface area contributed by atoms with E-state index in [1.165, 1.54) is 11.3 Å². The van der Waals surface area contributed by atoms with Crippen LogP contribution in [0.25, 0.3) is 0 Å². The number of anilines is 2. The molecular formula is C19H21N3O4S. The number of ether oxygens (including phenoxy) is 1. The Morgan fingerprint density at radius 1 is 1.22 bits per heavy atom. The molecule has 0 spiro atoms. The third-order valence-corrected chi connectivity index (χ3v) is 5.07. The van der Waals surface area contributed by atoms with Gasteiger partial charge in [-0.25, -0.2) is 4.98 Å². The largest absolute Gasteiger partial charge is 0.466 e. The summed E-state index contributed by atoms with van der Waals surface area (Å²) in [6, 6.07) is 6.70. The lowest BCUT2D eigenvalue weighted by atomic mass is 10.2. The zero-order valence-electron chi connectivity index (χ0n) is 15.2. The van der Waals surface area contributed by atoms with Crippen molar-refractivity contribution in [3.05, 3.63) is 40.9 Å². The maximum absolute atomic E-state index is 12.3. The molecule has 1 aliphatic rings. The molecule has 0 bridgehead atoms. The molecule has 1 fully saturated rings. The number of nitrogens with one attached hydrogen (secondary N) is 2. The molecule has 2 atom stereocenters. The number of hydrogen-bond donors (Lipinski definition) is 2. The van der Waals surface area contributed by atoms with Gasteiger partial charge in [0.15, 0.2) is 5.13 Å². The Morgan fingerprint density at radius 2 is 1.93 bits per heavy atom. The van der Waals surface area contributed by atoms with E-state index in [-0.39, 0.29) is 30.1 Å². The van der Waals surface area contributed by atoms with Crippen molar-refractivity contribution in [2.75, 3.05) is 17.2 Å². The van der Waals surface area contributed by atoms with E-state index in [9.17, 15) is 14.4 Å². The third-order valence-electron chi connectivity index (χ3n) is 4.26. The van der Waals surface area contributed by atoms with Gasteiger partial charge in [0.1, 0.15) is 0 Å². The fourth-order valence-corrected chi connectivity index (χ4v) is 3.31. The molecule has 0 saturated heterocycles. The molecule has 3 rings (SSSR count). The van der Waals surface area contributed by atoms with Crippen molar-refractivity contribution in [2.45, 2.75) is 26.7 Å². The Balaban J connectivity index is 1.54. The molecular weight excluding hydrogens is 366 g/mol. The quantitative estimate of drug-likeness (QED) is 0.712. The number of esters is 1. The molecule has 7 nitrogen and oxygen atoms in total. The molecule has 1 aromatic carbocycles. The molecule has 1 heterocycles. The van der Waals surface area contributed by atoms with Crippen LogP contribution in [0.1, 0.15) is 36.3 Å². The first-order chi connectivity index (χ1) is 13.0. The van der Waals surface area contributed by atoms with Crippen molar-refractivity contribution in [1.82, 2.24) is 4.98 Å². The highest BCUT2D eigenvalue weighted by Crippen LogP contribution is 2.38. The number of benzene rings is 1. The van der Waals surface area contributed by atoms with E-state index in [2.05, 4.69) is 22.5 Å². The van der Waals surface area contributed by atoms with Gasteiger partial charge < -0.3 is 10.1 Å². The summed E-state index contributed by atoms with van der Waals surface area (Å²) in [6.45, 7) is 4.12. The molecule has 142 valence electrons. The molecule has 1 aliphatic carbocycles. The maximum Gasteiger partial charge on any atom is 0.311 e. The summed E-state index contributed by atoms with van der Waals surface area (Å²) in [4.78, 5) is 39.9. The van der Waals surface area contributed by atoms with Crippen molar-refractivity contribution in [3.63, 3.8) is 0 Å². The number of amides is 2. The highest BCUT2D eigenvalue weighted by molar-refractivity contribution is 7.14. The Morgan fingerprint density at radius 3 is 2.56 bits per heavy atom. The second-order valence-electron chi connectivity index (χ2n) is 6.47. The van der Waals surface area contributed by atoms with Crippen LogP contribution in [-0.4, -0.2) is 29.4 Å². The van der Waals surface area contributed by atoms with E-state index in [4.69, 9.17) is 4.74 Å². The van der Waals surface area contributed by atoms with E-state index in [1.54, 1.807) is 36.6 Å². The van der Waals surface area contributed by atoms with E-state index >= 15 is 0 Å². The van der Waals surface area contributed by atoms with Crippen LogP contribution in [0.3, 0.4) is 0 Å². The van der Waals surface area contributed by atoms with Gasteiger partial charge >= 0.3 is 5.97 Å². The Kier molecular flexibility index (Phi) is 5.85. The molecule has 2 amide bonds. The second kappa shape index (κ2) is 8.30. The minimum absolute atomic E-state index is 0.0246. The van der Waals surface area contributed by atoms with E-state index in [0.29, 0.717) is 34.6 Å². The molecule has 2 N–H and O–H groups in total. The predicted octanol–water partition coefficient (Wildman–Crippen LogP) is 3.10. The molecule has 8 heteroatoms. The monoisotopic (exact) mass is 387 g/mol. The van der Waals surface area contributed by atoms with Crippen molar-refractivity contribution in [2.24, 2.45) is 11.8 Å². The van der Waals surface area contributed by atoms with Crippen LogP contribution in [0.15, 0.2) is 29.6 Å². The lowest BCUT2D eigenvalue weighted by Gasteiger charge is -2.06. The van der Waals surface area contributed by atoms with Crippen LogP contribution in [0, 0.1) is 11.8 Å². The Hall–Kier alpha value is -2.74. The lowest BCUT2D eigenvalue weighted by Crippen LogP contribution is -2.15. The van der Waals surface area contributed by atoms with Gasteiger partial charge in [0.05, 0.1) is 18.7 Å². The molecule has 27 heavy (non-hydrogen) atoms. The zero-order valence-corrected chi connectivity index (χ0v) is 16.0. The minimum atomic E-state index is -0.348. The van der Waals surface area contributed by atoms with E-state index in [1.807, 2.05) is 0 Å². The first-order valence-electron chi connectivity index (χ1n) is 8.78. The molecule has 0 radical (unpaired) electrons. The standard InChI is InChI=1S/C19H21N3O4S/c1-3-26-16(23)9-14-10-27-19(21-14)22-17(24)12-4-6-13(7-5-12)20-18(25)15-8-11(15)2/h4-7,10-11,15H,3,8-9H2,1-2H3,(H,20,25)(H,21,22,24). The number of hydrogen-bond acceptors (Lipinski definition) is 6. The summed E-state index contributed by atoms with van der Waals surface area (Å²) in [5, 5.41) is 7.69. The molecule has 1 aromatic heterocycles. The Bertz CT molecular complexity index is 847. The summed E-state index contributed by atoms with van der Waals surface area (Å²) in [7, 11) is 0. The third kappa shape index (κ3) is 5.13. The fraction of sp³-hybridized carbons (Fsp3) is 0.368.